The largest absolute Gasteiger partial charge is 0.433 e. The minimum Gasteiger partial charge on any atom is -0.252 e. The Labute approximate surface area is 123 Å². The van der Waals surface area contributed by atoms with E-state index in [1.807, 2.05) is 0 Å². The maximum atomic E-state index is 12.0. The zero-order chi connectivity index (χ0) is 17.0. The number of pyridine rings is 1. The van der Waals surface area contributed by atoms with Gasteiger partial charge in [0.1, 0.15) is 5.69 Å². The molecule has 0 bridgehead atoms. The van der Waals surface area contributed by atoms with Crippen LogP contribution in [0.1, 0.15) is 22.4 Å². The molecular weight excluding hydrogens is 308 g/mol. The van der Waals surface area contributed by atoms with Gasteiger partial charge in [0, 0.05) is 6.20 Å². The second kappa shape index (κ2) is 6.81. The molecule has 0 aliphatic rings. The molecule has 7 heteroatoms. The molecule has 0 amide bonds. The summed E-state index contributed by atoms with van der Waals surface area (Å²) in [5, 5.41) is 0. The number of benzene rings is 1. The SMILES string of the molecule is Cc1ccccc1C(F)(F)F.Cc1cccnc1C(F)(F)F. The number of rotatable bonds is 0. The van der Waals surface area contributed by atoms with Crippen LogP contribution in [-0.2, 0) is 12.4 Å². The molecule has 0 N–H and O–H groups in total. The molecule has 1 heterocycles. The van der Waals surface area contributed by atoms with E-state index in [-0.39, 0.29) is 11.1 Å². The zero-order valence-corrected chi connectivity index (χ0v) is 11.8. The van der Waals surface area contributed by atoms with Gasteiger partial charge in [-0.3, -0.25) is 4.98 Å². The van der Waals surface area contributed by atoms with Gasteiger partial charge >= 0.3 is 12.4 Å². The van der Waals surface area contributed by atoms with Gasteiger partial charge in [-0.15, -0.1) is 0 Å². The lowest BCUT2D eigenvalue weighted by atomic mass is 10.1. The monoisotopic (exact) mass is 321 g/mol. The van der Waals surface area contributed by atoms with Crippen molar-refractivity contribution < 1.29 is 26.3 Å². The first kappa shape index (κ1) is 18.0. The fourth-order valence-corrected chi connectivity index (χ4v) is 1.67. The predicted octanol–water partition coefficient (Wildman–Crippen LogP) is 5.42. The first-order valence-electron chi connectivity index (χ1n) is 6.15. The molecule has 0 radical (unpaired) electrons. The van der Waals surface area contributed by atoms with Crippen molar-refractivity contribution in [3.05, 3.63) is 65.0 Å². The van der Waals surface area contributed by atoms with Crippen LogP contribution in [-0.4, -0.2) is 4.98 Å². The molecule has 0 spiro atoms. The van der Waals surface area contributed by atoms with Crippen LogP contribution < -0.4 is 0 Å². The standard InChI is InChI=1S/C8H7F3.C7H6F3N/c1-6-4-2-3-5-7(6)8(9,10)11;1-5-3-2-4-11-6(5)7(8,9)10/h2-5H,1H3;2-4H,1H3. The molecule has 1 aromatic carbocycles. The molecule has 0 fully saturated rings. The van der Waals surface area contributed by atoms with Gasteiger partial charge in [0.05, 0.1) is 5.56 Å². The molecule has 0 unspecified atom stereocenters. The summed E-state index contributed by atoms with van der Waals surface area (Å²) in [5.41, 5.74) is -0.944. The maximum Gasteiger partial charge on any atom is 0.433 e. The van der Waals surface area contributed by atoms with Gasteiger partial charge < -0.3 is 0 Å². The third-order valence-corrected chi connectivity index (χ3v) is 2.73. The lowest BCUT2D eigenvalue weighted by Crippen LogP contribution is -2.09. The molecule has 2 aromatic rings. The van der Waals surface area contributed by atoms with Crippen LogP contribution in [0, 0.1) is 13.8 Å². The summed E-state index contributed by atoms with van der Waals surface area (Å²) in [6, 6.07) is 8.36. The zero-order valence-electron chi connectivity index (χ0n) is 11.8. The van der Waals surface area contributed by atoms with Crippen molar-refractivity contribution in [2.45, 2.75) is 26.2 Å². The van der Waals surface area contributed by atoms with Crippen molar-refractivity contribution in [3.63, 3.8) is 0 Å². The van der Waals surface area contributed by atoms with Crippen molar-refractivity contribution in [3.8, 4) is 0 Å². The fourth-order valence-electron chi connectivity index (χ4n) is 1.67. The summed E-state index contributed by atoms with van der Waals surface area (Å²) < 4.78 is 72.1. The Kier molecular flexibility index (Phi) is 5.57. The Morgan fingerprint density at radius 1 is 0.727 bits per heavy atom. The molecule has 0 aliphatic carbocycles. The van der Waals surface area contributed by atoms with E-state index < -0.39 is 23.6 Å². The Morgan fingerprint density at radius 2 is 1.27 bits per heavy atom. The lowest BCUT2D eigenvalue weighted by molar-refractivity contribution is -0.141. The van der Waals surface area contributed by atoms with Gasteiger partial charge in [-0.1, -0.05) is 24.3 Å². The minimum atomic E-state index is -4.33. The number of alkyl halides is 6. The summed E-state index contributed by atoms with van der Waals surface area (Å²) >= 11 is 0. The lowest BCUT2D eigenvalue weighted by Gasteiger charge is -2.08. The van der Waals surface area contributed by atoms with Crippen molar-refractivity contribution >= 4 is 0 Å². The molecule has 120 valence electrons. The summed E-state index contributed by atoms with van der Waals surface area (Å²) in [6.07, 6.45) is -7.41. The highest BCUT2D eigenvalue weighted by Crippen LogP contribution is 2.31. The summed E-state index contributed by atoms with van der Waals surface area (Å²) in [4.78, 5) is 3.22. The highest BCUT2D eigenvalue weighted by atomic mass is 19.4. The van der Waals surface area contributed by atoms with E-state index in [2.05, 4.69) is 4.98 Å². The first-order valence-corrected chi connectivity index (χ1v) is 6.15. The van der Waals surface area contributed by atoms with Crippen LogP contribution in [0.5, 0.6) is 0 Å². The Morgan fingerprint density at radius 3 is 1.64 bits per heavy atom. The molecule has 0 atom stereocenters. The average Bonchev–Trinajstić information content (AvgIpc) is 2.37. The van der Waals surface area contributed by atoms with Gasteiger partial charge in [0.15, 0.2) is 0 Å². The molecule has 0 saturated heterocycles. The number of halogens is 6. The summed E-state index contributed by atoms with van der Waals surface area (Å²) in [5.74, 6) is 0. The third-order valence-electron chi connectivity index (χ3n) is 2.73. The maximum absolute atomic E-state index is 12.0. The smallest absolute Gasteiger partial charge is 0.252 e. The highest BCUT2D eigenvalue weighted by Gasteiger charge is 2.33. The van der Waals surface area contributed by atoms with Crippen molar-refractivity contribution in [1.82, 2.24) is 4.98 Å². The van der Waals surface area contributed by atoms with Crippen LogP contribution in [0.25, 0.3) is 0 Å². The molecule has 0 saturated carbocycles. The number of hydrogen-bond donors (Lipinski definition) is 0. The first-order chi connectivity index (χ1) is 10.0. The molecule has 22 heavy (non-hydrogen) atoms. The van der Waals surface area contributed by atoms with E-state index in [9.17, 15) is 26.3 Å². The van der Waals surface area contributed by atoms with Crippen molar-refractivity contribution in [2.24, 2.45) is 0 Å². The highest BCUT2D eigenvalue weighted by molar-refractivity contribution is 5.27. The number of hydrogen-bond acceptors (Lipinski definition) is 1. The number of aromatic nitrogens is 1. The van der Waals surface area contributed by atoms with Crippen LogP contribution in [0.15, 0.2) is 42.6 Å². The summed E-state index contributed by atoms with van der Waals surface area (Å²) in [7, 11) is 0. The van der Waals surface area contributed by atoms with E-state index in [1.165, 1.54) is 38.1 Å². The van der Waals surface area contributed by atoms with Crippen molar-refractivity contribution in [2.75, 3.05) is 0 Å². The van der Waals surface area contributed by atoms with E-state index >= 15 is 0 Å². The van der Waals surface area contributed by atoms with E-state index in [4.69, 9.17) is 0 Å². The molecule has 0 aliphatic heterocycles. The number of aryl methyl sites for hydroxylation is 2. The van der Waals surface area contributed by atoms with E-state index in [1.54, 1.807) is 6.07 Å². The topological polar surface area (TPSA) is 12.9 Å². The van der Waals surface area contributed by atoms with E-state index in [0.29, 0.717) is 0 Å². The van der Waals surface area contributed by atoms with Gasteiger partial charge in [-0.25, -0.2) is 0 Å². The average molecular weight is 321 g/mol. The van der Waals surface area contributed by atoms with Crippen LogP contribution in [0.4, 0.5) is 26.3 Å². The second-order valence-corrected chi connectivity index (χ2v) is 4.48. The van der Waals surface area contributed by atoms with Gasteiger partial charge in [-0.2, -0.15) is 26.3 Å². The third kappa shape index (κ3) is 5.05. The predicted molar refractivity (Wildman–Crippen MR) is 70.2 cm³/mol. The minimum absolute atomic E-state index is 0.153. The van der Waals surface area contributed by atoms with Crippen LogP contribution in [0.3, 0.4) is 0 Å². The second-order valence-electron chi connectivity index (χ2n) is 4.48. The Hall–Kier alpha value is -2.05. The van der Waals surface area contributed by atoms with Crippen molar-refractivity contribution in [1.29, 1.82) is 0 Å². The van der Waals surface area contributed by atoms with Crippen LogP contribution in [0.2, 0.25) is 0 Å². The van der Waals surface area contributed by atoms with E-state index in [0.717, 1.165) is 12.3 Å². The molecule has 1 nitrogen and oxygen atoms in total. The quantitative estimate of drug-likeness (QED) is 0.590. The fraction of sp³-hybridized carbons (Fsp3) is 0.267. The van der Waals surface area contributed by atoms with Gasteiger partial charge in [0.2, 0.25) is 0 Å². The summed E-state index contributed by atoms with van der Waals surface area (Å²) in [6.45, 7) is 2.83. The molecule has 2 rings (SSSR count). The molecule has 1 aromatic heterocycles. The van der Waals surface area contributed by atoms with Gasteiger partial charge in [-0.05, 0) is 37.1 Å². The number of nitrogens with zero attached hydrogens (tertiary/aromatic N) is 1. The van der Waals surface area contributed by atoms with Crippen LogP contribution >= 0.6 is 0 Å². The van der Waals surface area contributed by atoms with Gasteiger partial charge in [0.25, 0.3) is 0 Å². The Balaban J connectivity index is 0.000000220. The normalized spacial score (nSPS) is 11.6. The molecular formula is C15H13F6N. The Bertz CT molecular complexity index is 560.